The number of aryl methyl sites for hydroxylation is 2. The highest BCUT2D eigenvalue weighted by Crippen LogP contribution is 2.19. The minimum Gasteiger partial charge on any atom is -0.494 e. The first-order valence-electron chi connectivity index (χ1n) is 7.86. The summed E-state index contributed by atoms with van der Waals surface area (Å²) in [5, 5.41) is 3.35. The zero-order valence-corrected chi connectivity index (χ0v) is 13.7. The van der Waals surface area contributed by atoms with Gasteiger partial charge >= 0.3 is 0 Å². The minimum atomic E-state index is 0.637. The van der Waals surface area contributed by atoms with Crippen LogP contribution in [0.1, 0.15) is 24.5 Å². The monoisotopic (exact) mass is 299 g/mol. The smallest absolute Gasteiger partial charge is 0.122 e. The molecule has 0 aliphatic heterocycles. The molecule has 3 heteroatoms. The lowest BCUT2D eigenvalue weighted by atomic mass is 10.1. The third-order valence-electron chi connectivity index (χ3n) is 3.35. The number of ether oxygens (including phenoxy) is 2. The number of rotatable bonds is 8. The molecule has 0 radical (unpaired) electrons. The Morgan fingerprint density at radius 3 is 2.36 bits per heavy atom. The van der Waals surface area contributed by atoms with Crippen molar-refractivity contribution in [2.45, 2.75) is 27.2 Å². The van der Waals surface area contributed by atoms with Crippen LogP contribution in [0.25, 0.3) is 0 Å². The van der Waals surface area contributed by atoms with Gasteiger partial charge in [-0.2, -0.15) is 0 Å². The fraction of sp³-hybridized carbons (Fsp3) is 0.368. The number of benzene rings is 2. The molecule has 0 unspecified atom stereocenters. The van der Waals surface area contributed by atoms with Crippen LogP contribution in [0, 0.1) is 13.8 Å². The molecule has 0 fully saturated rings. The van der Waals surface area contributed by atoms with Crippen LogP contribution in [0.3, 0.4) is 0 Å². The Morgan fingerprint density at radius 2 is 1.68 bits per heavy atom. The lowest BCUT2D eigenvalue weighted by Crippen LogP contribution is -2.11. The second-order valence-electron chi connectivity index (χ2n) is 5.42. The Morgan fingerprint density at radius 1 is 0.909 bits per heavy atom. The zero-order valence-electron chi connectivity index (χ0n) is 13.7. The fourth-order valence-corrected chi connectivity index (χ4v) is 2.21. The summed E-state index contributed by atoms with van der Waals surface area (Å²) in [7, 11) is 0. The highest BCUT2D eigenvalue weighted by Gasteiger charge is 1.99. The van der Waals surface area contributed by atoms with E-state index in [4.69, 9.17) is 9.47 Å². The zero-order chi connectivity index (χ0) is 15.8. The quantitative estimate of drug-likeness (QED) is 0.724. The molecule has 0 aliphatic rings. The molecule has 0 heterocycles. The van der Waals surface area contributed by atoms with Gasteiger partial charge in [0.15, 0.2) is 0 Å². The van der Waals surface area contributed by atoms with Crippen LogP contribution >= 0.6 is 0 Å². The lowest BCUT2D eigenvalue weighted by molar-refractivity contribution is 0.317. The molecule has 0 aromatic heterocycles. The highest BCUT2D eigenvalue weighted by molar-refractivity contribution is 5.46. The van der Waals surface area contributed by atoms with Crippen molar-refractivity contribution >= 4 is 5.69 Å². The second-order valence-corrected chi connectivity index (χ2v) is 5.42. The molecule has 0 saturated carbocycles. The van der Waals surface area contributed by atoms with Crippen LogP contribution in [0.5, 0.6) is 11.5 Å². The Bertz CT molecular complexity index is 578. The Balaban J connectivity index is 1.74. The fourth-order valence-electron chi connectivity index (χ4n) is 2.21. The number of hydrogen-bond donors (Lipinski definition) is 1. The van der Waals surface area contributed by atoms with Crippen molar-refractivity contribution in [2.75, 3.05) is 25.1 Å². The predicted octanol–water partition coefficient (Wildman–Crippen LogP) is 4.58. The number of nitrogens with one attached hydrogen (secondary N) is 1. The molecule has 0 aliphatic carbocycles. The van der Waals surface area contributed by atoms with Gasteiger partial charge in [0.05, 0.1) is 6.61 Å². The Kier molecular flexibility index (Phi) is 6.13. The van der Waals surface area contributed by atoms with Gasteiger partial charge in [-0.05, 0) is 56.2 Å². The van der Waals surface area contributed by atoms with Gasteiger partial charge in [-0.3, -0.25) is 0 Å². The summed E-state index contributed by atoms with van der Waals surface area (Å²) in [6.45, 7) is 8.43. The molecule has 0 atom stereocenters. The van der Waals surface area contributed by atoms with Gasteiger partial charge in [-0.1, -0.05) is 24.6 Å². The number of anilines is 1. The van der Waals surface area contributed by atoms with Crippen molar-refractivity contribution in [3.63, 3.8) is 0 Å². The molecule has 1 N–H and O–H groups in total. The van der Waals surface area contributed by atoms with Crippen LogP contribution in [0.15, 0.2) is 42.5 Å². The summed E-state index contributed by atoms with van der Waals surface area (Å²) in [5.74, 6) is 1.87. The van der Waals surface area contributed by atoms with Gasteiger partial charge in [-0.25, -0.2) is 0 Å². The first-order chi connectivity index (χ1) is 10.7. The summed E-state index contributed by atoms with van der Waals surface area (Å²) in [6.07, 6.45) is 1.02. The molecule has 22 heavy (non-hydrogen) atoms. The van der Waals surface area contributed by atoms with Crippen molar-refractivity contribution in [2.24, 2.45) is 0 Å². The van der Waals surface area contributed by atoms with E-state index in [9.17, 15) is 0 Å². The van der Waals surface area contributed by atoms with E-state index in [1.165, 1.54) is 11.1 Å². The average molecular weight is 299 g/mol. The van der Waals surface area contributed by atoms with Gasteiger partial charge in [-0.15, -0.1) is 0 Å². The first-order valence-corrected chi connectivity index (χ1v) is 7.86. The van der Waals surface area contributed by atoms with E-state index in [1.54, 1.807) is 0 Å². The van der Waals surface area contributed by atoms with Crippen molar-refractivity contribution < 1.29 is 9.47 Å². The normalized spacial score (nSPS) is 10.3. The van der Waals surface area contributed by atoms with Gasteiger partial charge in [0.2, 0.25) is 0 Å². The summed E-state index contributed by atoms with van der Waals surface area (Å²) >= 11 is 0. The van der Waals surface area contributed by atoms with Crippen molar-refractivity contribution in [3.05, 3.63) is 53.6 Å². The van der Waals surface area contributed by atoms with E-state index in [0.29, 0.717) is 6.61 Å². The van der Waals surface area contributed by atoms with Gasteiger partial charge in [0.1, 0.15) is 18.1 Å². The molecular formula is C19H25NO2. The van der Waals surface area contributed by atoms with E-state index in [-0.39, 0.29) is 0 Å². The van der Waals surface area contributed by atoms with Crippen molar-refractivity contribution in [3.8, 4) is 11.5 Å². The maximum atomic E-state index is 5.80. The van der Waals surface area contributed by atoms with Gasteiger partial charge in [0.25, 0.3) is 0 Å². The van der Waals surface area contributed by atoms with E-state index < -0.39 is 0 Å². The molecule has 2 aromatic carbocycles. The summed E-state index contributed by atoms with van der Waals surface area (Å²) < 4.78 is 11.4. The minimum absolute atomic E-state index is 0.637. The first kappa shape index (κ1) is 16.2. The molecular weight excluding hydrogens is 274 g/mol. The average Bonchev–Trinajstić information content (AvgIpc) is 2.52. The highest BCUT2D eigenvalue weighted by atomic mass is 16.5. The summed E-state index contributed by atoms with van der Waals surface area (Å²) in [5.41, 5.74) is 3.51. The van der Waals surface area contributed by atoms with Crippen LogP contribution in [0.2, 0.25) is 0 Å². The van der Waals surface area contributed by atoms with Crippen LogP contribution in [0.4, 0.5) is 5.69 Å². The topological polar surface area (TPSA) is 30.5 Å². The molecule has 0 spiro atoms. The summed E-state index contributed by atoms with van der Waals surface area (Å²) in [6, 6.07) is 14.3. The molecule has 0 amide bonds. The molecule has 118 valence electrons. The molecule has 0 saturated heterocycles. The molecule has 0 bridgehead atoms. The largest absolute Gasteiger partial charge is 0.494 e. The third-order valence-corrected chi connectivity index (χ3v) is 3.35. The number of hydrogen-bond acceptors (Lipinski definition) is 3. The standard InChI is InChI=1S/C19H25NO2/c1-4-12-21-18-8-6-17(7-9-18)20-11-13-22-19-10-5-15(2)14-16(19)3/h5-10,14,20H,4,11-13H2,1-3H3. The maximum absolute atomic E-state index is 5.80. The predicted molar refractivity (Wildman–Crippen MR) is 92.1 cm³/mol. The molecule has 2 aromatic rings. The summed E-state index contributed by atoms with van der Waals surface area (Å²) in [4.78, 5) is 0. The van der Waals surface area contributed by atoms with Gasteiger partial charge < -0.3 is 14.8 Å². The van der Waals surface area contributed by atoms with Crippen molar-refractivity contribution in [1.82, 2.24) is 0 Å². The Hall–Kier alpha value is -2.16. The van der Waals surface area contributed by atoms with Gasteiger partial charge in [0, 0.05) is 12.2 Å². The van der Waals surface area contributed by atoms with E-state index in [1.807, 2.05) is 30.3 Å². The van der Waals surface area contributed by atoms with Crippen LogP contribution in [-0.4, -0.2) is 19.8 Å². The third kappa shape index (κ3) is 4.99. The van der Waals surface area contributed by atoms with Crippen molar-refractivity contribution in [1.29, 1.82) is 0 Å². The molecule has 2 rings (SSSR count). The van der Waals surface area contributed by atoms with Crippen LogP contribution in [-0.2, 0) is 0 Å². The second kappa shape index (κ2) is 8.32. The van der Waals surface area contributed by atoms with E-state index in [0.717, 1.165) is 36.8 Å². The van der Waals surface area contributed by atoms with E-state index >= 15 is 0 Å². The van der Waals surface area contributed by atoms with Crippen LogP contribution < -0.4 is 14.8 Å². The molecule has 3 nitrogen and oxygen atoms in total. The SMILES string of the molecule is CCCOc1ccc(NCCOc2ccc(C)cc2C)cc1. The lowest BCUT2D eigenvalue weighted by Gasteiger charge is -2.11. The maximum Gasteiger partial charge on any atom is 0.122 e. The Labute approximate surface area is 133 Å². The van der Waals surface area contributed by atoms with E-state index in [2.05, 4.69) is 38.2 Å².